The van der Waals surface area contributed by atoms with Gasteiger partial charge in [-0.15, -0.1) is 0 Å². The highest BCUT2D eigenvalue weighted by Crippen LogP contribution is 2.10. The van der Waals surface area contributed by atoms with Crippen molar-refractivity contribution in [3.05, 3.63) is 59.7 Å². The summed E-state index contributed by atoms with van der Waals surface area (Å²) in [6.45, 7) is 0. The maximum absolute atomic E-state index is 3.05. The molecule has 0 heterocycles. The third kappa shape index (κ3) is 2.37. The van der Waals surface area contributed by atoms with E-state index in [0.717, 1.165) is 12.8 Å². The lowest BCUT2D eigenvalue weighted by Gasteiger charge is -2.01. The molecule has 1 aromatic rings. The van der Waals surface area contributed by atoms with E-state index < -0.39 is 0 Å². The molecule has 1 aliphatic carbocycles. The lowest BCUT2D eigenvalue weighted by atomic mass is 10.0. The molecule has 0 nitrogen and oxygen atoms in total. The summed E-state index contributed by atoms with van der Waals surface area (Å²) in [6, 6.07) is 10.5. The monoisotopic (exact) mass is 180 g/mol. The van der Waals surface area contributed by atoms with Crippen LogP contribution in [0, 0.1) is 11.8 Å². The Balaban J connectivity index is 2.09. The van der Waals surface area contributed by atoms with Crippen LogP contribution in [0.25, 0.3) is 0 Å². The van der Waals surface area contributed by atoms with Crippen molar-refractivity contribution < 1.29 is 0 Å². The topological polar surface area (TPSA) is 0 Å². The van der Waals surface area contributed by atoms with E-state index in [0.29, 0.717) is 0 Å². The highest BCUT2D eigenvalue weighted by atomic mass is 14.0. The molecule has 2 rings (SSSR count). The maximum Gasteiger partial charge on any atom is 0.0279 e. The third-order valence-electron chi connectivity index (χ3n) is 2.20. The van der Waals surface area contributed by atoms with Crippen molar-refractivity contribution in [2.75, 3.05) is 0 Å². The lowest BCUT2D eigenvalue weighted by molar-refractivity contribution is 1.18. The number of benzene rings is 1. The van der Waals surface area contributed by atoms with Crippen LogP contribution in [-0.2, 0) is 6.42 Å². The normalized spacial score (nSPS) is 13.9. The van der Waals surface area contributed by atoms with Crippen molar-refractivity contribution in [2.24, 2.45) is 0 Å². The van der Waals surface area contributed by atoms with Crippen LogP contribution in [0.5, 0.6) is 0 Å². The van der Waals surface area contributed by atoms with Gasteiger partial charge in [-0.3, -0.25) is 0 Å². The van der Waals surface area contributed by atoms with Gasteiger partial charge in [0.2, 0.25) is 0 Å². The summed E-state index contributed by atoms with van der Waals surface area (Å²) in [7, 11) is 0. The summed E-state index contributed by atoms with van der Waals surface area (Å²) in [5.41, 5.74) is 2.69. The van der Waals surface area contributed by atoms with Crippen molar-refractivity contribution >= 4 is 0 Å². The Kier molecular flexibility index (Phi) is 2.83. The molecule has 68 valence electrons. The summed E-state index contributed by atoms with van der Waals surface area (Å²) in [4.78, 5) is 0. The highest BCUT2D eigenvalue weighted by Gasteiger charge is 1.95. The fraction of sp³-hybridized carbons (Fsp3) is 0.143. The van der Waals surface area contributed by atoms with Crippen LogP contribution < -0.4 is 0 Å². The van der Waals surface area contributed by atoms with E-state index in [4.69, 9.17) is 0 Å². The van der Waals surface area contributed by atoms with Crippen LogP contribution in [0.4, 0.5) is 0 Å². The van der Waals surface area contributed by atoms with Crippen molar-refractivity contribution in [1.29, 1.82) is 0 Å². The summed E-state index contributed by atoms with van der Waals surface area (Å²) in [6.07, 6.45) is 8.11. The van der Waals surface area contributed by atoms with Gasteiger partial charge in [0.15, 0.2) is 0 Å². The van der Waals surface area contributed by atoms with Gasteiger partial charge in [0.05, 0.1) is 0 Å². The molecule has 1 aliphatic rings. The predicted octanol–water partition coefficient (Wildman–Crippen LogP) is 3.12. The Hall–Kier alpha value is -1.74. The van der Waals surface area contributed by atoms with E-state index in [2.05, 4.69) is 48.3 Å². The van der Waals surface area contributed by atoms with E-state index in [1.807, 2.05) is 12.1 Å². The summed E-state index contributed by atoms with van der Waals surface area (Å²) < 4.78 is 0. The molecule has 0 aromatic heterocycles. The first-order valence-corrected chi connectivity index (χ1v) is 4.83. The van der Waals surface area contributed by atoms with E-state index >= 15 is 0 Å². The molecule has 14 heavy (non-hydrogen) atoms. The number of allylic oxidation sites excluding steroid dienone is 4. The maximum atomic E-state index is 3.05. The quantitative estimate of drug-likeness (QED) is 0.613. The zero-order chi connectivity index (χ0) is 9.64. The second-order valence-corrected chi connectivity index (χ2v) is 3.30. The Labute approximate surface area is 85.0 Å². The Morgan fingerprint density at radius 3 is 2.86 bits per heavy atom. The fourth-order valence-electron chi connectivity index (χ4n) is 1.48. The van der Waals surface area contributed by atoms with Crippen LogP contribution in [0.3, 0.4) is 0 Å². The molecular weight excluding hydrogens is 168 g/mol. The Bertz CT molecular complexity index is 410. The van der Waals surface area contributed by atoms with Gasteiger partial charge in [0, 0.05) is 6.42 Å². The molecule has 0 radical (unpaired) electrons. The van der Waals surface area contributed by atoms with Gasteiger partial charge in [-0.05, 0) is 23.6 Å². The van der Waals surface area contributed by atoms with E-state index in [-0.39, 0.29) is 0 Å². The van der Waals surface area contributed by atoms with Gasteiger partial charge >= 0.3 is 0 Å². The van der Waals surface area contributed by atoms with Crippen molar-refractivity contribution in [1.82, 2.24) is 0 Å². The van der Waals surface area contributed by atoms with Gasteiger partial charge in [-0.2, -0.15) is 0 Å². The average Bonchev–Trinajstić information content (AvgIpc) is 2.48. The van der Waals surface area contributed by atoms with Gasteiger partial charge in [-0.1, -0.05) is 54.3 Å². The second-order valence-electron chi connectivity index (χ2n) is 3.30. The Morgan fingerprint density at radius 2 is 2.00 bits per heavy atom. The van der Waals surface area contributed by atoms with Crippen molar-refractivity contribution in [3.63, 3.8) is 0 Å². The fourth-order valence-corrected chi connectivity index (χ4v) is 1.48. The summed E-state index contributed by atoms with van der Waals surface area (Å²) in [5, 5.41) is 0. The van der Waals surface area contributed by atoms with Crippen LogP contribution >= 0.6 is 0 Å². The van der Waals surface area contributed by atoms with Crippen LogP contribution in [0.1, 0.15) is 12.0 Å². The first kappa shape index (κ1) is 8.84. The van der Waals surface area contributed by atoms with Gasteiger partial charge < -0.3 is 0 Å². The van der Waals surface area contributed by atoms with Crippen LogP contribution in [-0.4, -0.2) is 0 Å². The molecule has 0 fully saturated rings. The third-order valence-corrected chi connectivity index (χ3v) is 2.20. The van der Waals surface area contributed by atoms with E-state index in [1.165, 1.54) is 11.1 Å². The number of rotatable bonds is 2. The molecule has 0 saturated carbocycles. The Morgan fingerprint density at radius 1 is 1.14 bits per heavy atom. The highest BCUT2D eigenvalue weighted by molar-refractivity contribution is 5.35. The standard InChI is InChI=1S/C14H12/c1-2-5-9-13(8-4-1)12-14-10-6-3-7-11-14/h3-4,6-11H,5,12H2. The lowest BCUT2D eigenvalue weighted by Crippen LogP contribution is -1.86. The first-order valence-electron chi connectivity index (χ1n) is 4.83. The number of hydrogen-bond acceptors (Lipinski definition) is 0. The largest absolute Gasteiger partial charge is 0.0943 e. The second kappa shape index (κ2) is 4.48. The molecular formula is C14H12. The van der Waals surface area contributed by atoms with Crippen molar-refractivity contribution in [3.8, 4) is 11.8 Å². The minimum atomic E-state index is 0.870. The first-order chi connectivity index (χ1) is 6.95. The van der Waals surface area contributed by atoms with Crippen LogP contribution in [0.2, 0.25) is 0 Å². The molecule has 0 unspecified atom stereocenters. The molecule has 0 heteroatoms. The SMILES string of the molecule is C1#CCC=C(Cc2ccccc2)C=C1. The molecule has 0 amide bonds. The van der Waals surface area contributed by atoms with Crippen LogP contribution in [0.15, 0.2) is 54.1 Å². The van der Waals surface area contributed by atoms with Gasteiger partial charge in [-0.25, -0.2) is 0 Å². The molecule has 0 saturated heterocycles. The molecule has 0 aliphatic heterocycles. The molecule has 0 atom stereocenters. The van der Waals surface area contributed by atoms with E-state index in [1.54, 1.807) is 0 Å². The smallest absolute Gasteiger partial charge is 0.0279 e. The molecule has 0 bridgehead atoms. The zero-order valence-electron chi connectivity index (χ0n) is 8.03. The summed E-state index contributed by atoms with van der Waals surface area (Å²) in [5.74, 6) is 6.03. The molecule has 0 spiro atoms. The minimum absolute atomic E-state index is 0.870. The average molecular weight is 180 g/mol. The predicted molar refractivity (Wildman–Crippen MR) is 59.8 cm³/mol. The summed E-state index contributed by atoms with van der Waals surface area (Å²) >= 11 is 0. The number of hydrogen-bond donors (Lipinski definition) is 0. The van der Waals surface area contributed by atoms with E-state index in [9.17, 15) is 0 Å². The zero-order valence-corrected chi connectivity index (χ0v) is 8.03. The van der Waals surface area contributed by atoms with Gasteiger partial charge in [0.25, 0.3) is 0 Å². The van der Waals surface area contributed by atoms with Gasteiger partial charge in [0.1, 0.15) is 0 Å². The van der Waals surface area contributed by atoms with Crippen molar-refractivity contribution in [2.45, 2.75) is 12.8 Å². The molecule has 1 aromatic carbocycles. The minimum Gasteiger partial charge on any atom is -0.0943 e. The molecule has 0 N–H and O–H groups in total.